The molecule has 3 rings (SSSR count). The third kappa shape index (κ3) is 3.67. The van der Waals surface area contributed by atoms with Crippen LogP contribution < -0.4 is 5.32 Å². The molecule has 3 atom stereocenters. The third-order valence-corrected chi connectivity index (χ3v) is 5.52. The van der Waals surface area contributed by atoms with Crippen LogP contribution in [0.3, 0.4) is 0 Å². The maximum atomic E-state index is 3.59. The molecule has 0 heterocycles. The first kappa shape index (κ1) is 15.1. The Balaban J connectivity index is 1.71. The molecule has 2 saturated carbocycles. The molecule has 0 saturated heterocycles. The van der Waals surface area contributed by atoms with Gasteiger partial charge in [-0.1, -0.05) is 37.3 Å². The molecule has 0 amide bonds. The Morgan fingerprint density at radius 3 is 2.48 bits per heavy atom. The molecule has 0 spiro atoms. The van der Waals surface area contributed by atoms with Crippen molar-refractivity contribution in [2.45, 2.75) is 57.0 Å². The van der Waals surface area contributed by atoms with Crippen LogP contribution in [0, 0.1) is 5.92 Å². The summed E-state index contributed by atoms with van der Waals surface area (Å²) in [6.07, 6.45) is 6.86. The van der Waals surface area contributed by atoms with Crippen LogP contribution in [-0.2, 0) is 0 Å². The van der Waals surface area contributed by atoms with E-state index in [4.69, 9.17) is 0 Å². The van der Waals surface area contributed by atoms with Crippen molar-refractivity contribution in [2.24, 2.45) is 5.92 Å². The van der Waals surface area contributed by atoms with Crippen molar-refractivity contribution in [3.8, 4) is 0 Å². The van der Waals surface area contributed by atoms with E-state index in [1.807, 2.05) is 0 Å². The van der Waals surface area contributed by atoms with E-state index in [2.05, 4.69) is 54.5 Å². The van der Waals surface area contributed by atoms with E-state index in [1.54, 1.807) is 5.56 Å². The first-order chi connectivity index (χ1) is 10.3. The van der Waals surface area contributed by atoms with Gasteiger partial charge in [0.05, 0.1) is 0 Å². The first-order valence-corrected chi connectivity index (χ1v) is 8.78. The fraction of sp³-hybridized carbons (Fsp3) is 0.684. The van der Waals surface area contributed by atoms with Crippen LogP contribution in [0.1, 0.15) is 50.5 Å². The lowest BCUT2D eigenvalue weighted by molar-refractivity contribution is 0.116. The fourth-order valence-corrected chi connectivity index (χ4v) is 4.05. The second-order valence-electron chi connectivity index (χ2n) is 6.91. The lowest BCUT2D eigenvalue weighted by Crippen LogP contribution is -2.52. The summed E-state index contributed by atoms with van der Waals surface area (Å²) in [4.78, 5) is 2.76. The minimum absolute atomic E-state index is 0.670. The minimum Gasteiger partial charge on any atom is -0.315 e. The van der Waals surface area contributed by atoms with Gasteiger partial charge in [-0.15, -0.1) is 0 Å². The Morgan fingerprint density at radius 2 is 1.86 bits per heavy atom. The van der Waals surface area contributed by atoms with E-state index in [-0.39, 0.29) is 0 Å². The molecular weight excluding hydrogens is 256 g/mol. The zero-order valence-corrected chi connectivity index (χ0v) is 13.6. The molecule has 1 aromatic rings. The summed E-state index contributed by atoms with van der Waals surface area (Å²) >= 11 is 0. The Morgan fingerprint density at radius 1 is 1.10 bits per heavy atom. The van der Waals surface area contributed by atoms with Crippen LogP contribution in [0.4, 0.5) is 0 Å². The molecule has 2 aliphatic carbocycles. The number of rotatable bonds is 6. The molecule has 2 aliphatic rings. The normalized spacial score (nSPS) is 29.8. The maximum absolute atomic E-state index is 3.59. The lowest BCUT2D eigenvalue weighted by Gasteiger charge is -2.42. The van der Waals surface area contributed by atoms with Crippen molar-refractivity contribution in [2.75, 3.05) is 20.1 Å². The summed E-state index contributed by atoms with van der Waals surface area (Å²) in [6, 6.07) is 12.5. The highest BCUT2D eigenvalue weighted by Crippen LogP contribution is 2.37. The van der Waals surface area contributed by atoms with Gasteiger partial charge < -0.3 is 5.32 Å². The van der Waals surface area contributed by atoms with Crippen LogP contribution in [0.15, 0.2) is 30.3 Å². The van der Waals surface area contributed by atoms with Crippen molar-refractivity contribution in [1.29, 1.82) is 0 Å². The largest absolute Gasteiger partial charge is 0.315 e. The molecule has 0 aromatic heterocycles. The van der Waals surface area contributed by atoms with Crippen LogP contribution >= 0.6 is 0 Å². The van der Waals surface area contributed by atoms with Gasteiger partial charge in [-0.25, -0.2) is 0 Å². The van der Waals surface area contributed by atoms with E-state index in [0.29, 0.717) is 12.1 Å². The van der Waals surface area contributed by atoms with Crippen molar-refractivity contribution in [3.05, 3.63) is 35.9 Å². The predicted octanol–water partition coefficient (Wildman–Crippen LogP) is 3.64. The number of likely N-dealkylation sites (N-methyl/N-ethyl adjacent to an activating group) is 2. The number of nitrogens with one attached hydrogen (secondary N) is 1. The van der Waals surface area contributed by atoms with E-state index >= 15 is 0 Å². The molecule has 0 aliphatic heterocycles. The van der Waals surface area contributed by atoms with Crippen LogP contribution in [-0.4, -0.2) is 37.1 Å². The molecule has 1 aromatic carbocycles. The Kier molecular flexibility index (Phi) is 4.97. The highest BCUT2D eigenvalue weighted by molar-refractivity contribution is 5.21. The molecular formula is C19H30N2. The quantitative estimate of drug-likeness (QED) is 0.859. The van der Waals surface area contributed by atoms with Gasteiger partial charge in [-0.05, 0) is 63.1 Å². The van der Waals surface area contributed by atoms with Crippen molar-refractivity contribution >= 4 is 0 Å². The first-order valence-electron chi connectivity index (χ1n) is 8.78. The Bertz CT molecular complexity index is 426. The Hall–Kier alpha value is -0.860. The van der Waals surface area contributed by atoms with Crippen LogP contribution in [0.25, 0.3) is 0 Å². The Labute approximate surface area is 129 Å². The van der Waals surface area contributed by atoms with Crippen molar-refractivity contribution < 1.29 is 0 Å². The summed E-state index contributed by atoms with van der Waals surface area (Å²) < 4.78 is 0. The van der Waals surface area contributed by atoms with Gasteiger partial charge in [0.15, 0.2) is 0 Å². The second kappa shape index (κ2) is 6.93. The lowest BCUT2D eigenvalue weighted by atomic mass is 9.78. The van der Waals surface area contributed by atoms with Crippen molar-refractivity contribution in [1.82, 2.24) is 10.2 Å². The highest BCUT2D eigenvalue weighted by atomic mass is 15.2. The van der Waals surface area contributed by atoms with Gasteiger partial charge in [0.2, 0.25) is 0 Å². The van der Waals surface area contributed by atoms with Gasteiger partial charge in [0.1, 0.15) is 0 Å². The third-order valence-electron chi connectivity index (χ3n) is 5.52. The van der Waals surface area contributed by atoms with Crippen LogP contribution in [0.5, 0.6) is 0 Å². The van der Waals surface area contributed by atoms with Gasteiger partial charge in [0, 0.05) is 18.6 Å². The monoisotopic (exact) mass is 286 g/mol. The number of hydrogen-bond donors (Lipinski definition) is 1. The summed E-state index contributed by atoms with van der Waals surface area (Å²) in [5.41, 5.74) is 1.54. The van der Waals surface area contributed by atoms with Crippen LogP contribution in [0.2, 0.25) is 0 Å². The number of nitrogens with zero attached hydrogens (tertiary/aromatic N) is 1. The molecule has 21 heavy (non-hydrogen) atoms. The standard InChI is InChI=1S/C19H30N2/c1-3-21(14-15-9-10-15)19-13-17(11-12-18(19)20-2)16-7-5-4-6-8-16/h4-8,15,17-20H,3,9-14H2,1-2H3. The van der Waals surface area contributed by atoms with E-state index in [9.17, 15) is 0 Å². The molecule has 2 heteroatoms. The molecule has 2 nitrogen and oxygen atoms in total. The average molecular weight is 286 g/mol. The summed E-state index contributed by atoms with van der Waals surface area (Å²) in [7, 11) is 2.14. The molecule has 2 fully saturated rings. The van der Waals surface area contributed by atoms with Gasteiger partial charge in [0.25, 0.3) is 0 Å². The smallest absolute Gasteiger partial charge is 0.0255 e. The molecule has 1 N–H and O–H groups in total. The highest BCUT2D eigenvalue weighted by Gasteiger charge is 2.35. The van der Waals surface area contributed by atoms with E-state index < -0.39 is 0 Å². The van der Waals surface area contributed by atoms with E-state index in [0.717, 1.165) is 11.8 Å². The van der Waals surface area contributed by atoms with Crippen molar-refractivity contribution in [3.63, 3.8) is 0 Å². The SMILES string of the molecule is CCN(CC1CC1)C1CC(c2ccccc2)CCC1NC. The molecule has 116 valence electrons. The summed E-state index contributed by atoms with van der Waals surface area (Å²) in [5.74, 6) is 1.73. The number of benzene rings is 1. The molecule has 0 bridgehead atoms. The second-order valence-corrected chi connectivity index (χ2v) is 6.91. The predicted molar refractivity (Wildman–Crippen MR) is 89.6 cm³/mol. The average Bonchev–Trinajstić information content (AvgIpc) is 3.37. The summed E-state index contributed by atoms with van der Waals surface area (Å²) in [6.45, 7) is 4.85. The fourth-order valence-electron chi connectivity index (χ4n) is 4.05. The zero-order valence-electron chi connectivity index (χ0n) is 13.6. The van der Waals surface area contributed by atoms with Gasteiger partial charge in [-0.3, -0.25) is 4.90 Å². The minimum atomic E-state index is 0.670. The van der Waals surface area contributed by atoms with Gasteiger partial charge in [-0.2, -0.15) is 0 Å². The number of hydrogen-bond acceptors (Lipinski definition) is 2. The molecule has 0 radical (unpaired) electrons. The maximum Gasteiger partial charge on any atom is 0.0255 e. The summed E-state index contributed by atoms with van der Waals surface area (Å²) in [5, 5.41) is 3.59. The zero-order chi connectivity index (χ0) is 14.7. The van der Waals surface area contributed by atoms with Gasteiger partial charge >= 0.3 is 0 Å². The topological polar surface area (TPSA) is 15.3 Å². The molecule has 3 unspecified atom stereocenters. The van der Waals surface area contributed by atoms with E-state index in [1.165, 1.54) is 45.2 Å².